The average Bonchev–Trinajstić information content (AvgIpc) is 3.67. The van der Waals surface area contributed by atoms with Crippen molar-refractivity contribution >= 4 is 82.6 Å². The average molecular weight is 967 g/mol. The molecule has 20 heteroatoms. The van der Waals surface area contributed by atoms with Gasteiger partial charge in [-0.2, -0.15) is 0 Å². The third kappa shape index (κ3) is 9.87. The number of phenols is 1. The molecule has 10 atom stereocenters. The number of carbonyl (C=O) groups is 3. The Morgan fingerprint density at radius 2 is 1.94 bits per heavy atom. The summed E-state index contributed by atoms with van der Waals surface area (Å²) in [5.41, 5.74) is -1.06. The molecule has 2 aromatic heterocycles. The molecule has 1 aromatic carbocycles. The summed E-state index contributed by atoms with van der Waals surface area (Å²) < 4.78 is 35.4. The van der Waals surface area contributed by atoms with Crippen molar-refractivity contribution in [2.24, 2.45) is 0 Å². The maximum atomic E-state index is 15.3. The van der Waals surface area contributed by atoms with Crippen LogP contribution in [0.25, 0.3) is 21.8 Å². The van der Waals surface area contributed by atoms with E-state index in [0.29, 0.717) is 34.1 Å². The third-order valence-electron chi connectivity index (χ3n) is 11.6. The number of alkyl carbamates (subject to hydrolysis) is 1. The molecule has 4 aliphatic rings. The lowest BCUT2D eigenvalue weighted by Gasteiger charge is -2.51. The van der Waals surface area contributed by atoms with Crippen LogP contribution in [0.4, 0.5) is 4.79 Å². The van der Waals surface area contributed by atoms with E-state index >= 15 is 4.79 Å². The SMILES string of the molecule is CCN[C@H]1CO[C@@H](O[C@H]2[C@H](O[C@H]3C#C/C=C\C#C[C@]4(O)CC(=O)C(NC(=O)OC)=C3C4=CCSSSC)O[C@H](C)[C@@](SC)(C(=O)c3nccc4c3[nH]c3ccc(O)cc34)[C@@H]2O)C[C@@H]1OC. The molecule has 6 N–H and O–H groups in total. The van der Waals surface area contributed by atoms with E-state index in [1.54, 1.807) is 44.6 Å². The van der Waals surface area contributed by atoms with E-state index in [-0.39, 0.29) is 53.5 Å². The Bertz CT molecular complexity index is 2530. The number of hydrogen-bond acceptors (Lipinski definition) is 18. The first-order valence-electron chi connectivity index (χ1n) is 20.6. The third-order valence-corrected chi connectivity index (χ3v) is 16.8. The van der Waals surface area contributed by atoms with Crippen molar-refractivity contribution in [1.29, 1.82) is 0 Å². The molecular formula is C45H50N4O12S4. The van der Waals surface area contributed by atoms with E-state index in [4.69, 9.17) is 28.4 Å². The van der Waals surface area contributed by atoms with Crippen molar-refractivity contribution in [2.45, 2.75) is 86.2 Å². The van der Waals surface area contributed by atoms with Crippen LogP contribution in [0, 0.1) is 23.7 Å². The van der Waals surface area contributed by atoms with Gasteiger partial charge in [-0.3, -0.25) is 19.9 Å². The molecule has 0 saturated carbocycles. The fourth-order valence-corrected chi connectivity index (χ4v) is 12.1. The number of rotatable bonds is 15. The number of aromatic nitrogens is 2. The minimum atomic E-state index is -2.04. The molecule has 346 valence electrons. The predicted molar refractivity (Wildman–Crippen MR) is 252 cm³/mol. The zero-order valence-electron chi connectivity index (χ0n) is 36.4. The van der Waals surface area contributed by atoms with E-state index in [2.05, 4.69) is 44.3 Å². The van der Waals surface area contributed by atoms with Crippen LogP contribution in [0.1, 0.15) is 37.2 Å². The number of aromatic amines is 1. The number of ketones is 2. The molecule has 4 heterocycles. The van der Waals surface area contributed by atoms with Gasteiger partial charge in [-0.15, -0.1) is 11.8 Å². The van der Waals surface area contributed by atoms with Crippen LogP contribution in [0.3, 0.4) is 0 Å². The van der Waals surface area contributed by atoms with Gasteiger partial charge in [0, 0.05) is 52.9 Å². The quantitative estimate of drug-likeness (QED) is 0.0522. The highest BCUT2D eigenvalue weighted by Crippen LogP contribution is 2.47. The molecule has 2 bridgehead atoms. The number of phenolic OH excluding ortho intramolecular Hbond substituents is 1. The summed E-state index contributed by atoms with van der Waals surface area (Å²) in [6.45, 7) is 4.45. The summed E-state index contributed by atoms with van der Waals surface area (Å²) in [5.74, 6) is 10.6. The van der Waals surface area contributed by atoms with Gasteiger partial charge >= 0.3 is 6.09 Å². The van der Waals surface area contributed by atoms with Crippen LogP contribution < -0.4 is 10.6 Å². The number of ether oxygens (including phenoxy) is 6. The summed E-state index contributed by atoms with van der Waals surface area (Å²) in [5, 5.41) is 42.6. The molecule has 2 fully saturated rings. The summed E-state index contributed by atoms with van der Waals surface area (Å²) >= 11 is 1.06. The fraction of sp³-hybridized carbons (Fsp3) is 0.467. The first-order chi connectivity index (χ1) is 31.3. The number of thioether (sulfide) groups is 1. The lowest BCUT2D eigenvalue weighted by atomic mass is 9.75. The molecular weight excluding hydrogens is 917 g/mol. The van der Waals surface area contributed by atoms with Crippen molar-refractivity contribution in [1.82, 2.24) is 20.6 Å². The molecule has 2 aliphatic heterocycles. The van der Waals surface area contributed by atoms with Crippen LogP contribution in [0.2, 0.25) is 0 Å². The van der Waals surface area contributed by atoms with E-state index < -0.39 is 71.4 Å². The van der Waals surface area contributed by atoms with Gasteiger partial charge in [-0.1, -0.05) is 58.3 Å². The van der Waals surface area contributed by atoms with Gasteiger partial charge in [0.25, 0.3) is 0 Å². The van der Waals surface area contributed by atoms with Crippen LogP contribution in [-0.4, -0.2) is 148 Å². The molecule has 0 spiro atoms. The number of hydrogen-bond donors (Lipinski definition) is 6. The number of fused-ring (bicyclic) bond motifs is 5. The number of pyridine rings is 1. The number of benzene rings is 1. The maximum Gasteiger partial charge on any atom is 0.411 e. The molecule has 2 aliphatic carbocycles. The molecule has 16 nitrogen and oxygen atoms in total. The highest BCUT2D eigenvalue weighted by molar-refractivity contribution is 9.09. The summed E-state index contributed by atoms with van der Waals surface area (Å²) in [4.78, 5) is 50.0. The number of methoxy groups -OCH3 is 2. The molecule has 0 radical (unpaired) electrons. The van der Waals surface area contributed by atoms with Gasteiger partial charge < -0.3 is 54.0 Å². The second-order valence-electron chi connectivity index (χ2n) is 15.3. The minimum Gasteiger partial charge on any atom is -0.508 e. The number of aromatic hydroxyl groups is 1. The lowest BCUT2D eigenvalue weighted by molar-refractivity contribution is -0.322. The Morgan fingerprint density at radius 3 is 2.68 bits per heavy atom. The van der Waals surface area contributed by atoms with Crippen LogP contribution in [-0.2, 0) is 33.2 Å². The number of aliphatic hydroxyl groups excluding tert-OH is 1. The van der Waals surface area contributed by atoms with Gasteiger partial charge in [0.2, 0.25) is 5.78 Å². The first-order valence-corrected chi connectivity index (χ1v) is 25.9. The summed E-state index contributed by atoms with van der Waals surface area (Å²) in [6, 6.07) is 6.39. The monoisotopic (exact) mass is 966 g/mol. The van der Waals surface area contributed by atoms with Crippen molar-refractivity contribution in [3.63, 3.8) is 0 Å². The van der Waals surface area contributed by atoms with Gasteiger partial charge in [0.1, 0.15) is 34.5 Å². The zero-order chi connectivity index (χ0) is 46.5. The molecule has 2 saturated heterocycles. The Labute approximate surface area is 391 Å². The van der Waals surface area contributed by atoms with Crippen molar-refractivity contribution in [3.05, 3.63) is 71.2 Å². The Morgan fingerprint density at radius 1 is 1.14 bits per heavy atom. The Hall–Kier alpha value is -4.00. The van der Waals surface area contributed by atoms with E-state index in [1.807, 2.05) is 13.2 Å². The van der Waals surface area contributed by atoms with Crippen molar-refractivity contribution in [2.75, 3.05) is 45.6 Å². The van der Waals surface area contributed by atoms with Gasteiger partial charge in [-0.25, -0.2) is 4.79 Å². The number of nitrogens with zero attached hydrogens (tertiary/aromatic N) is 1. The number of Topliss-reactive ketones (excluding diaryl/α,β-unsaturated/α-hetero) is 2. The molecule has 65 heavy (non-hydrogen) atoms. The van der Waals surface area contributed by atoms with Crippen LogP contribution in [0.15, 0.2) is 65.5 Å². The van der Waals surface area contributed by atoms with Crippen molar-refractivity contribution < 1.29 is 58.1 Å². The van der Waals surface area contributed by atoms with E-state index in [9.17, 15) is 24.9 Å². The van der Waals surface area contributed by atoms with Gasteiger partial charge in [-0.05, 0) is 72.2 Å². The number of carbonyl (C=O) groups excluding carboxylic acids is 3. The number of allylic oxidation sites excluding steroid dienone is 3. The van der Waals surface area contributed by atoms with E-state index in [1.165, 1.54) is 55.8 Å². The Balaban J connectivity index is 1.35. The molecule has 7 rings (SSSR count). The maximum absolute atomic E-state index is 15.3. The second kappa shape index (κ2) is 21.3. The lowest BCUT2D eigenvalue weighted by Crippen LogP contribution is -2.68. The number of likely N-dealkylation sites (N-methyl/N-ethyl adjacent to an activating group) is 1. The smallest absolute Gasteiger partial charge is 0.411 e. The summed E-state index contributed by atoms with van der Waals surface area (Å²) in [7, 11) is 7.23. The van der Waals surface area contributed by atoms with Gasteiger partial charge in [0.15, 0.2) is 24.0 Å². The van der Waals surface area contributed by atoms with Crippen LogP contribution >= 0.6 is 43.2 Å². The standard InChI is InChI=1S/C45H50N4O12S4/c1-7-46-30-23-58-34(21-33(30)56-3)61-39-41(53)45(62-5,40(52)38-36-26(15-18-47-38)27-20-25(50)13-14-29(27)48-36)24(2)59-42(39)60-32-12-10-8-9-11-17-44(55)22-31(51)37(49-43(54)57-4)35(32)28(44)16-19-64-65-63-6/h8-9,13-16,18,20,24,30,32-34,39,41-42,46,48,50,53,55H,7,19,21-23H2,1-6H3,(H,49,54)/b9-8-,28-16?/t24-,30+,32+,33+,34+,39-,41-,42+,44+,45-/m1/s1. The Kier molecular flexibility index (Phi) is 16.0. The number of aliphatic hydroxyl groups is 2. The fourth-order valence-electron chi connectivity index (χ4n) is 8.60. The topological polar surface area (TPSA) is 220 Å². The highest BCUT2D eigenvalue weighted by Gasteiger charge is 2.61. The van der Waals surface area contributed by atoms with Crippen LogP contribution in [0.5, 0.6) is 5.75 Å². The summed E-state index contributed by atoms with van der Waals surface area (Å²) in [6.07, 6.45) is -0.241. The molecule has 0 unspecified atom stereocenters. The van der Waals surface area contributed by atoms with Gasteiger partial charge in [0.05, 0.1) is 49.6 Å². The number of nitrogens with one attached hydrogen (secondary N) is 3. The minimum absolute atomic E-state index is 0.00848. The second-order valence-corrected chi connectivity index (χ2v) is 20.8. The number of amides is 1. The molecule has 3 aromatic rings. The zero-order valence-corrected chi connectivity index (χ0v) is 39.6. The predicted octanol–water partition coefficient (Wildman–Crippen LogP) is 4.80. The molecule has 1 amide bonds. The number of H-pyrrole nitrogens is 1. The van der Waals surface area contributed by atoms with E-state index in [0.717, 1.165) is 18.9 Å². The normalized spacial score (nSPS) is 31.2. The van der Waals surface area contributed by atoms with Crippen molar-refractivity contribution in [3.8, 4) is 29.4 Å². The first kappa shape index (κ1) is 48.9. The highest BCUT2D eigenvalue weighted by atomic mass is 33.5. The largest absolute Gasteiger partial charge is 0.508 e.